The van der Waals surface area contributed by atoms with Gasteiger partial charge < -0.3 is 21.1 Å². The van der Waals surface area contributed by atoms with Crippen LogP contribution in [0.25, 0.3) is 10.9 Å². The predicted octanol–water partition coefficient (Wildman–Crippen LogP) is 0.870. The number of fused-ring (bicyclic) bond motifs is 1. The Morgan fingerprint density at radius 2 is 2.29 bits per heavy atom. The first-order chi connectivity index (χ1) is 8.13. The van der Waals surface area contributed by atoms with E-state index in [1.807, 2.05) is 6.92 Å². The van der Waals surface area contributed by atoms with Gasteiger partial charge in [-0.25, -0.2) is 0 Å². The molecule has 5 nitrogen and oxygen atoms in total. The Balaban J connectivity index is 2.46. The second-order valence-corrected chi connectivity index (χ2v) is 3.90. The summed E-state index contributed by atoms with van der Waals surface area (Å²) in [5.74, 6) is 0.0255. The summed E-state index contributed by atoms with van der Waals surface area (Å²) in [5.41, 5.74) is 7.48. The van der Waals surface area contributed by atoms with E-state index < -0.39 is 0 Å². The molecule has 2 rings (SSSR count). The van der Waals surface area contributed by atoms with Gasteiger partial charge in [0.25, 0.3) is 5.91 Å². The van der Waals surface area contributed by atoms with E-state index in [1.165, 1.54) is 0 Å². The van der Waals surface area contributed by atoms with Gasteiger partial charge >= 0.3 is 0 Å². The number of aromatic amines is 1. The monoisotopic (exact) mass is 233 g/mol. The summed E-state index contributed by atoms with van der Waals surface area (Å²) in [4.78, 5) is 15.0. The highest BCUT2D eigenvalue weighted by atomic mass is 16.3. The zero-order chi connectivity index (χ0) is 12.4. The fourth-order valence-electron chi connectivity index (χ4n) is 1.89. The smallest absolute Gasteiger partial charge is 0.253 e. The van der Waals surface area contributed by atoms with Gasteiger partial charge in [-0.2, -0.15) is 0 Å². The average molecular weight is 233 g/mol. The van der Waals surface area contributed by atoms with Crippen molar-refractivity contribution in [2.75, 3.05) is 13.1 Å². The average Bonchev–Trinajstić information content (AvgIpc) is 2.61. The van der Waals surface area contributed by atoms with Gasteiger partial charge in [-0.15, -0.1) is 0 Å². The third-order valence-corrected chi connectivity index (χ3v) is 2.63. The molecule has 5 N–H and O–H groups in total. The Bertz CT molecular complexity index is 560. The van der Waals surface area contributed by atoms with Crippen LogP contribution in [0.1, 0.15) is 16.1 Å². The number of aryl methyl sites for hydroxylation is 1. The quantitative estimate of drug-likeness (QED) is 0.634. The summed E-state index contributed by atoms with van der Waals surface area (Å²) in [5, 5.41) is 12.9. The predicted molar refractivity (Wildman–Crippen MR) is 66.1 cm³/mol. The number of hydrogen-bond acceptors (Lipinski definition) is 3. The lowest BCUT2D eigenvalue weighted by Gasteiger charge is -2.03. The zero-order valence-corrected chi connectivity index (χ0v) is 9.58. The summed E-state index contributed by atoms with van der Waals surface area (Å²) in [6.45, 7) is 2.69. The van der Waals surface area contributed by atoms with Crippen molar-refractivity contribution in [1.82, 2.24) is 10.3 Å². The third kappa shape index (κ3) is 2.09. The molecule has 1 heterocycles. The first kappa shape index (κ1) is 11.5. The maximum Gasteiger partial charge on any atom is 0.253 e. The fourth-order valence-corrected chi connectivity index (χ4v) is 1.89. The van der Waals surface area contributed by atoms with Crippen molar-refractivity contribution in [1.29, 1.82) is 0 Å². The highest BCUT2D eigenvalue weighted by molar-refractivity contribution is 6.08. The van der Waals surface area contributed by atoms with Crippen molar-refractivity contribution < 1.29 is 9.90 Å². The molecule has 0 atom stereocenters. The lowest BCUT2D eigenvalue weighted by atomic mass is 10.1. The van der Waals surface area contributed by atoms with Gasteiger partial charge in [-0.05, 0) is 19.1 Å². The maximum atomic E-state index is 11.9. The second-order valence-electron chi connectivity index (χ2n) is 3.90. The number of nitrogens with one attached hydrogen (secondary N) is 2. The molecule has 0 aliphatic heterocycles. The minimum Gasteiger partial charge on any atom is -0.508 e. The van der Waals surface area contributed by atoms with Crippen molar-refractivity contribution >= 4 is 16.8 Å². The van der Waals surface area contributed by atoms with Crippen molar-refractivity contribution in [3.63, 3.8) is 0 Å². The summed E-state index contributed by atoms with van der Waals surface area (Å²) in [6, 6.07) is 4.89. The molecule has 1 aromatic heterocycles. The lowest BCUT2D eigenvalue weighted by molar-refractivity contribution is 0.0956. The van der Waals surface area contributed by atoms with Crippen LogP contribution in [0.3, 0.4) is 0 Å². The van der Waals surface area contributed by atoms with Crippen molar-refractivity contribution in [3.8, 4) is 5.75 Å². The van der Waals surface area contributed by atoms with Crippen molar-refractivity contribution in [2.24, 2.45) is 5.73 Å². The van der Waals surface area contributed by atoms with Crippen LogP contribution in [-0.2, 0) is 0 Å². The van der Waals surface area contributed by atoms with Gasteiger partial charge in [-0.1, -0.05) is 0 Å². The Hall–Kier alpha value is -2.01. The van der Waals surface area contributed by atoms with E-state index in [1.54, 1.807) is 18.2 Å². The Kier molecular flexibility index (Phi) is 3.01. The Morgan fingerprint density at radius 3 is 3.00 bits per heavy atom. The van der Waals surface area contributed by atoms with Gasteiger partial charge in [-0.3, -0.25) is 4.79 Å². The molecule has 0 unspecified atom stereocenters. The molecule has 0 fully saturated rings. The molecule has 0 saturated carbocycles. The molecule has 90 valence electrons. The van der Waals surface area contributed by atoms with E-state index in [2.05, 4.69) is 10.3 Å². The number of aromatic nitrogens is 1. The molecule has 5 heteroatoms. The van der Waals surface area contributed by atoms with E-state index in [-0.39, 0.29) is 11.7 Å². The minimum absolute atomic E-state index is 0.148. The van der Waals surface area contributed by atoms with Crippen LogP contribution in [-0.4, -0.2) is 29.1 Å². The van der Waals surface area contributed by atoms with Crippen LogP contribution in [0.4, 0.5) is 0 Å². The molecule has 1 amide bonds. The van der Waals surface area contributed by atoms with E-state index >= 15 is 0 Å². The molecular weight excluding hydrogens is 218 g/mol. The van der Waals surface area contributed by atoms with Gasteiger partial charge in [0.15, 0.2) is 0 Å². The Morgan fingerprint density at radius 1 is 1.53 bits per heavy atom. The van der Waals surface area contributed by atoms with Gasteiger partial charge in [0.1, 0.15) is 5.75 Å². The van der Waals surface area contributed by atoms with E-state index in [0.29, 0.717) is 18.7 Å². The molecule has 0 radical (unpaired) electrons. The van der Waals surface area contributed by atoms with Gasteiger partial charge in [0, 0.05) is 30.2 Å². The number of carbonyl (C=O) groups excluding carboxylic acids is 1. The summed E-state index contributed by atoms with van der Waals surface area (Å²) in [7, 11) is 0. The second kappa shape index (κ2) is 4.47. The summed E-state index contributed by atoms with van der Waals surface area (Å²) >= 11 is 0. The molecule has 2 aromatic rings. The first-order valence-electron chi connectivity index (χ1n) is 5.43. The topological polar surface area (TPSA) is 91.1 Å². The lowest BCUT2D eigenvalue weighted by Crippen LogP contribution is -2.29. The SMILES string of the molecule is Cc1[nH]c2cc(O)ccc2c1C(=O)NCCN. The van der Waals surface area contributed by atoms with Gasteiger partial charge in [0.2, 0.25) is 0 Å². The highest BCUT2D eigenvalue weighted by Crippen LogP contribution is 2.25. The number of aromatic hydroxyl groups is 1. The summed E-state index contributed by atoms with van der Waals surface area (Å²) < 4.78 is 0. The van der Waals surface area contributed by atoms with E-state index in [0.717, 1.165) is 16.6 Å². The van der Waals surface area contributed by atoms with Gasteiger partial charge in [0.05, 0.1) is 11.1 Å². The standard InChI is InChI=1S/C12H15N3O2/c1-7-11(12(17)14-5-4-13)9-3-2-8(16)6-10(9)15-7/h2-3,6,15-16H,4-5,13H2,1H3,(H,14,17). The fraction of sp³-hybridized carbons (Fsp3) is 0.250. The number of rotatable bonds is 3. The molecule has 1 aromatic carbocycles. The minimum atomic E-state index is -0.148. The first-order valence-corrected chi connectivity index (χ1v) is 5.43. The van der Waals surface area contributed by atoms with Crippen LogP contribution in [0.2, 0.25) is 0 Å². The number of H-pyrrole nitrogens is 1. The maximum absolute atomic E-state index is 11.9. The normalized spacial score (nSPS) is 10.7. The number of phenols is 1. The number of phenolic OH excluding ortho intramolecular Hbond substituents is 1. The van der Waals surface area contributed by atoms with E-state index in [4.69, 9.17) is 5.73 Å². The number of benzene rings is 1. The molecule has 0 bridgehead atoms. The third-order valence-electron chi connectivity index (χ3n) is 2.63. The van der Waals surface area contributed by atoms with Crippen LogP contribution < -0.4 is 11.1 Å². The number of nitrogens with two attached hydrogens (primary N) is 1. The number of amides is 1. The molecule has 0 spiro atoms. The summed E-state index contributed by atoms with van der Waals surface area (Å²) in [6.07, 6.45) is 0. The molecular formula is C12H15N3O2. The zero-order valence-electron chi connectivity index (χ0n) is 9.58. The molecule has 0 saturated heterocycles. The van der Waals surface area contributed by atoms with Crippen LogP contribution in [0, 0.1) is 6.92 Å². The highest BCUT2D eigenvalue weighted by Gasteiger charge is 2.15. The number of carbonyl (C=O) groups is 1. The van der Waals surface area contributed by atoms with Crippen molar-refractivity contribution in [2.45, 2.75) is 6.92 Å². The number of hydrogen-bond donors (Lipinski definition) is 4. The molecule has 0 aliphatic carbocycles. The largest absolute Gasteiger partial charge is 0.508 e. The Labute approximate surface area is 98.6 Å². The van der Waals surface area contributed by atoms with Crippen LogP contribution in [0.5, 0.6) is 5.75 Å². The molecule has 0 aliphatic rings. The molecule has 17 heavy (non-hydrogen) atoms. The van der Waals surface area contributed by atoms with Crippen molar-refractivity contribution in [3.05, 3.63) is 29.5 Å². The van der Waals surface area contributed by atoms with Crippen LogP contribution >= 0.6 is 0 Å². The van der Waals surface area contributed by atoms with E-state index in [9.17, 15) is 9.90 Å². The van der Waals surface area contributed by atoms with Crippen LogP contribution in [0.15, 0.2) is 18.2 Å².